The van der Waals surface area contributed by atoms with Crippen LogP contribution in [0.2, 0.25) is 0 Å². The molecule has 0 saturated heterocycles. The van der Waals surface area contributed by atoms with E-state index in [1.54, 1.807) is 27.5 Å². The Labute approximate surface area is 132 Å². The van der Waals surface area contributed by atoms with Crippen LogP contribution in [0.4, 0.5) is 0 Å². The standard InChI is InChI=1S/C16H16N2O3S/c1-9-5-6-17-11(7-9)16-18-10-8-12(19-2)13(20-3)14(21-4)15(10)22-16/h5-8H,1-4H3. The van der Waals surface area contributed by atoms with E-state index >= 15 is 0 Å². The summed E-state index contributed by atoms with van der Waals surface area (Å²) in [5, 5.41) is 0.840. The van der Waals surface area contributed by atoms with Crippen LogP contribution < -0.4 is 14.2 Å². The molecule has 22 heavy (non-hydrogen) atoms. The van der Waals surface area contributed by atoms with Crippen molar-refractivity contribution in [3.05, 3.63) is 30.0 Å². The maximum absolute atomic E-state index is 5.51. The van der Waals surface area contributed by atoms with Crippen LogP contribution in [0.25, 0.3) is 20.9 Å². The normalized spacial score (nSPS) is 10.7. The van der Waals surface area contributed by atoms with Crippen LogP contribution in [0.5, 0.6) is 17.2 Å². The SMILES string of the molecule is COc1cc2nc(-c3cc(C)ccn3)sc2c(OC)c1OC. The first-order chi connectivity index (χ1) is 10.7. The van der Waals surface area contributed by atoms with Crippen LogP contribution in [0.1, 0.15) is 5.56 Å². The zero-order valence-electron chi connectivity index (χ0n) is 12.8. The van der Waals surface area contributed by atoms with E-state index in [1.165, 1.54) is 11.3 Å². The molecule has 6 heteroatoms. The van der Waals surface area contributed by atoms with Crippen LogP contribution in [-0.4, -0.2) is 31.3 Å². The Hall–Kier alpha value is -2.34. The van der Waals surface area contributed by atoms with Gasteiger partial charge in [-0.05, 0) is 24.6 Å². The fraction of sp³-hybridized carbons (Fsp3) is 0.250. The summed E-state index contributed by atoms with van der Waals surface area (Å²) in [6.45, 7) is 2.03. The van der Waals surface area contributed by atoms with Gasteiger partial charge in [0.1, 0.15) is 9.71 Å². The van der Waals surface area contributed by atoms with Crippen LogP contribution >= 0.6 is 11.3 Å². The smallest absolute Gasteiger partial charge is 0.204 e. The van der Waals surface area contributed by atoms with Crippen LogP contribution in [-0.2, 0) is 0 Å². The molecular formula is C16H16N2O3S. The number of thiazole rings is 1. The van der Waals surface area contributed by atoms with Crippen molar-refractivity contribution < 1.29 is 14.2 Å². The summed E-state index contributed by atoms with van der Waals surface area (Å²) in [6.07, 6.45) is 1.79. The molecule has 0 saturated carbocycles. The van der Waals surface area contributed by atoms with Crippen molar-refractivity contribution in [2.75, 3.05) is 21.3 Å². The lowest BCUT2D eigenvalue weighted by Gasteiger charge is -2.11. The van der Waals surface area contributed by atoms with Gasteiger partial charge in [0.2, 0.25) is 5.75 Å². The molecule has 0 amide bonds. The number of rotatable bonds is 4. The highest BCUT2D eigenvalue weighted by Gasteiger charge is 2.20. The first-order valence-corrected chi connectivity index (χ1v) is 7.52. The molecule has 0 unspecified atom stereocenters. The largest absolute Gasteiger partial charge is 0.493 e. The van der Waals surface area contributed by atoms with Gasteiger partial charge < -0.3 is 14.2 Å². The van der Waals surface area contributed by atoms with E-state index in [-0.39, 0.29) is 0 Å². The lowest BCUT2D eigenvalue weighted by molar-refractivity contribution is 0.327. The van der Waals surface area contributed by atoms with Crippen molar-refractivity contribution in [3.63, 3.8) is 0 Å². The van der Waals surface area contributed by atoms with Crippen molar-refractivity contribution in [2.24, 2.45) is 0 Å². The van der Waals surface area contributed by atoms with Gasteiger partial charge in [0.05, 0.1) is 32.5 Å². The molecule has 0 aliphatic heterocycles. The molecule has 0 radical (unpaired) electrons. The first-order valence-electron chi connectivity index (χ1n) is 6.70. The Balaban J connectivity index is 2.25. The zero-order chi connectivity index (χ0) is 15.7. The monoisotopic (exact) mass is 316 g/mol. The fourth-order valence-corrected chi connectivity index (χ4v) is 3.32. The molecular weight excluding hydrogens is 300 g/mol. The van der Waals surface area contributed by atoms with Gasteiger partial charge in [-0.25, -0.2) is 4.98 Å². The van der Waals surface area contributed by atoms with E-state index in [4.69, 9.17) is 14.2 Å². The summed E-state index contributed by atoms with van der Waals surface area (Å²) in [7, 11) is 4.80. The topological polar surface area (TPSA) is 53.5 Å². The molecule has 2 heterocycles. The van der Waals surface area contributed by atoms with Crippen molar-refractivity contribution in [1.29, 1.82) is 0 Å². The number of ether oxygens (including phenoxy) is 3. The van der Waals surface area contributed by atoms with Gasteiger partial charge in [-0.3, -0.25) is 4.98 Å². The highest BCUT2D eigenvalue weighted by Crippen LogP contribution is 2.46. The summed E-state index contributed by atoms with van der Waals surface area (Å²) < 4.78 is 17.2. The van der Waals surface area contributed by atoms with E-state index in [0.29, 0.717) is 17.2 Å². The lowest BCUT2D eigenvalue weighted by atomic mass is 10.2. The number of methoxy groups -OCH3 is 3. The second-order valence-corrected chi connectivity index (χ2v) is 5.73. The first kappa shape index (κ1) is 14.6. The lowest BCUT2D eigenvalue weighted by Crippen LogP contribution is -1.94. The van der Waals surface area contributed by atoms with Crippen LogP contribution in [0.3, 0.4) is 0 Å². The van der Waals surface area contributed by atoms with Crippen molar-refractivity contribution in [3.8, 4) is 28.0 Å². The van der Waals surface area contributed by atoms with Crippen molar-refractivity contribution >= 4 is 21.6 Å². The van der Waals surface area contributed by atoms with Gasteiger partial charge in [0.25, 0.3) is 0 Å². The number of aryl methyl sites for hydroxylation is 1. The number of benzene rings is 1. The quantitative estimate of drug-likeness (QED) is 0.734. The van der Waals surface area contributed by atoms with Gasteiger partial charge in [0.15, 0.2) is 11.5 Å². The molecule has 0 spiro atoms. The number of hydrogen-bond donors (Lipinski definition) is 0. The molecule has 5 nitrogen and oxygen atoms in total. The molecule has 0 N–H and O–H groups in total. The van der Waals surface area contributed by atoms with E-state index in [9.17, 15) is 0 Å². The molecule has 3 rings (SSSR count). The van der Waals surface area contributed by atoms with E-state index < -0.39 is 0 Å². The summed E-state index contributed by atoms with van der Waals surface area (Å²) in [4.78, 5) is 9.05. The second-order valence-electron chi connectivity index (χ2n) is 4.73. The third-order valence-corrected chi connectivity index (χ3v) is 4.41. The molecule has 2 aromatic heterocycles. The molecule has 0 fully saturated rings. The Morgan fingerprint density at radius 3 is 2.41 bits per heavy atom. The Morgan fingerprint density at radius 2 is 1.77 bits per heavy atom. The minimum atomic E-state index is 0.574. The Bertz CT molecular complexity index is 830. The van der Waals surface area contributed by atoms with E-state index in [1.807, 2.05) is 25.1 Å². The molecule has 0 atom stereocenters. The average molecular weight is 316 g/mol. The number of nitrogens with zero attached hydrogens (tertiary/aromatic N) is 2. The second kappa shape index (κ2) is 5.81. The molecule has 3 aromatic rings. The average Bonchev–Trinajstić information content (AvgIpc) is 2.96. The highest BCUT2D eigenvalue weighted by molar-refractivity contribution is 7.22. The summed E-state index contributed by atoms with van der Waals surface area (Å²) in [5.41, 5.74) is 2.80. The number of fused-ring (bicyclic) bond motifs is 1. The van der Waals surface area contributed by atoms with Gasteiger partial charge in [-0.2, -0.15) is 0 Å². The van der Waals surface area contributed by atoms with Crippen LogP contribution in [0, 0.1) is 6.92 Å². The van der Waals surface area contributed by atoms with E-state index in [0.717, 1.165) is 26.5 Å². The Morgan fingerprint density at radius 1 is 1.00 bits per heavy atom. The van der Waals surface area contributed by atoms with Gasteiger partial charge in [-0.1, -0.05) is 0 Å². The predicted octanol–water partition coefficient (Wildman–Crippen LogP) is 3.69. The zero-order valence-corrected chi connectivity index (χ0v) is 13.7. The number of aromatic nitrogens is 2. The van der Waals surface area contributed by atoms with Gasteiger partial charge in [-0.15, -0.1) is 11.3 Å². The van der Waals surface area contributed by atoms with Gasteiger partial charge in [0, 0.05) is 12.3 Å². The fourth-order valence-electron chi connectivity index (χ4n) is 2.29. The minimum absolute atomic E-state index is 0.574. The third kappa shape index (κ3) is 2.35. The molecule has 0 bridgehead atoms. The number of pyridine rings is 1. The molecule has 114 valence electrons. The summed E-state index contributed by atoms with van der Waals surface area (Å²) in [6, 6.07) is 5.83. The molecule has 0 aliphatic rings. The minimum Gasteiger partial charge on any atom is -0.493 e. The van der Waals surface area contributed by atoms with Crippen molar-refractivity contribution in [1.82, 2.24) is 9.97 Å². The molecule has 1 aromatic carbocycles. The predicted molar refractivity (Wildman–Crippen MR) is 87.2 cm³/mol. The number of hydrogen-bond acceptors (Lipinski definition) is 6. The van der Waals surface area contributed by atoms with E-state index in [2.05, 4.69) is 9.97 Å². The summed E-state index contributed by atoms with van der Waals surface area (Å²) >= 11 is 1.52. The van der Waals surface area contributed by atoms with Crippen molar-refractivity contribution in [2.45, 2.75) is 6.92 Å². The van der Waals surface area contributed by atoms with Crippen LogP contribution in [0.15, 0.2) is 24.4 Å². The van der Waals surface area contributed by atoms with Gasteiger partial charge >= 0.3 is 0 Å². The Kier molecular flexibility index (Phi) is 3.85. The molecule has 0 aliphatic carbocycles. The maximum Gasteiger partial charge on any atom is 0.204 e. The third-order valence-electron chi connectivity index (χ3n) is 3.32. The summed E-state index contributed by atoms with van der Waals surface area (Å²) in [5.74, 6) is 1.80. The highest BCUT2D eigenvalue weighted by atomic mass is 32.1. The maximum atomic E-state index is 5.51.